The summed E-state index contributed by atoms with van der Waals surface area (Å²) in [4.78, 5) is 17.1. The Morgan fingerprint density at radius 2 is 2.24 bits per heavy atom. The Morgan fingerprint density at radius 1 is 1.38 bits per heavy atom. The van der Waals surface area contributed by atoms with Gasteiger partial charge < -0.3 is 21.5 Å². The monoisotopic (exact) mass is 398 g/mol. The van der Waals surface area contributed by atoms with Gasteiger partial charge in [-0.05, 0) is 19.3 Å². The fraction of sp³-hybridized carbons (Fsp3) is 0.474. The van der Waals surface area contributed by atoms with E-state index in [0.717, 1.165) is 29.7 Å². The predicted molar refractivity (Wildman–Crippen MR) is 108 cm³/mol. The second-order valence-corrected chi connectivity index (χ2v) is 7.41. The van der Waals surface area contributed by atoms with Crippen LogP contribution in [-0.2, 0) is 11.8 Å². The number of carbonyl (C=O) groups excluding carboxylic acids is 1. The van der Waals surface area contributed by atoms with Crippen molar-refractivity contribution in [2.45, 2.75) is 31.2 Å². The topological polar surface area (TPSA) is 135 Å². The summed E-state index contributed by atoms with van der Waals surface area (Å²) in [7, 11) is 1.87. The maximum atomic E-state index is 12.2. The smallest absolute Gasteiger partial charge is 0.237 e. The number of aryl methyl sites for hydroxylation is 1. The molecule has 154 valence electrons. The molecule has 2 atom stereocenters. The molecule has 10 nitrogen and oxygen atoms in total. The van der Waals surface area contributed by atoms with Crippen LogP contribution in [0.25, 0.3) is 16.8 Å². The third kappa shape index (κ3) is 3.94. The van der Waals surface area contributed by atoms with Crippen LogP contribution in [0.4, 0.5) is 5.82 Å². The van der Waals surface area contributed by atoms with Crippen molar-refractivity contribution in [3.8, 4) is 11.1 Å². The lowest BCUT2D eigenvalue weighted by molar-refractivity contribution is -0.123. The fourth-order valence-corrected chi connectivity index (χ4v) is 3.73. The zero-order chi connectivity index (χ0) is 20.4. The lowest BCUT2D eigenvalue weighted by Gasteiger charge is -2.29. The van der Waals surface area contributed by atoms with Gasteiger partial charge in [0, 0.05) is 56.1 Å². The molecule has 0 radical (unpaired) electrons. The number of nitrogens with two attached hydrogens (primary N) is 1. The van der Waals surface area contributed by atoms with E-state index in [4.69, 9.17) is 15.8 Å². The van der Waals surface area contributed by atoms with Crippen molar-refractivity contribution in [1.82, 2.24) is 35.0 Å². The summed E-state index contributed by atoms with van der Waals surface area (Å²) in [5.41, 5.74) is 9.66. The highest BCUT2D eigenvalue weighted by Gasteiger charge is 2.28. The average molecular weight is 398 g/mol. The number of rotatable bonds is 6. The van der Waals surface area contributed by atoms with Crippen molar-refractivity contribution < 1.29 is 9.90 Å². The molecule has 4 heterocycles. The van der Waals surface area contributed by atoms with Gasteiger partial charge in [-0.15, -0.1) is 0 Å². The highest BCUT2D eigenvalue weighted by atomic mass is 16.3. The number of nitrogens with one attached hydrogen (secondary N) is 2. The minimum absolute atomic E-state index is 0.0190. The van der Waals surface area contributed by atoms with E-state index >= 15 is 0 Å². The Balaban J connectivity index is 1.51. The molecule has 0 unspecified atom stereocenters. The normalized spacial score (nSPS) is 19.5. The van der Waals surface area contributed by atoms with Gasteiger partial charge >= 0.3 is 0 Å². The van der Waals surface area contributed by atoms with E-state index in [1.54, 1.807) is 21.6 Å². The minimum Gasteiger partial charge on any atom is -0.396 e. The van der Waals surface area contributed by atoms with Gasteiger partial charge in [0.1, 0.15) is 5.82 Å². The van der Waals surface area contributed by atoms with E-state index in [0.29, 0.717) is 31.0 Å². The molecule has 10 heteroatoms. The molecule has 1 amide bonds. The van der Waals surface area contributed by atoms with Gasteiger partial charge in [0.15, 0.2) is 5.65 Å². The van der Waals surface area contributed by atoms with E-state index in [1.807, 2.05) is 19.3 Å². The summed E-state index contributed by atoms with van der Waals surface area (Å²) in [5, 5.41) is 23.6. The van der Waals surface area contributed by atoms with Crippen LogP contribution in [0.3, 0.4) is 0 Å². The molecule has 0 aromatic carbocycles. The van der Waals surface area contributed by atoms with Gasteiger partial charge in [-0.1, -0.05) is 0 Å². The molecule has 1 aliphatic rings. The largest absolute Gasteiger partial charge is 0.396 e. The summed E-state index contributed by atoms with van der Waals surface area (Å²) in [6, 6.07) is 1.65. The number of nitrogens with zero attached hydrogens (tertiary/aromatic N) is 5. The zero-order valence-electron chi connectivity index (χ0n) is 16.4. The van der Waals surface area contributed by atoms with Crippen LogP contribution in [0.15, 0.2) is 24.7 Å². The quantitative estimate of drug-likeness (QED) is 0.431. The molecule has 0 aliphatic carbocycles. The van der Waals surface area contributed by atoms with E-state index in [1.165, 1.54) is 0 Å². The molecule has 1 aliphatic heterocycles. The molecule has 0 spiro atoms. The molecule has 4 rings (SSSR count). The molecular formula is C19H26N8O2. The minimum atomic E-state index is -0.216. The number of hydrogen-bond acceptors (Lipinski definition) is 7. The van der Waals surface area contributed by atoms with E-state index < -0.39 is 0 Å². The lowest BCUT2D eigenvalue weighted by atomic mass is 9.91. The molecule has 1 fully saturated rings. The third-order valence-electron chi connectivity index (χ3n) is 5.32. The summed E-state index contributed by atoms with van der Waals surface area (Å²) in [5.74, 6) is 0.680. The molecule has 5 N–H and O–H groups in total. The van der Waals surface area contributed by atoms with E-state index in [2.05, 4.69) is 20.8 Å². The van der Waals surface area contributed by atoms with Crippen LogP contribution in [0.5, 0.6) is 0 Å². The van der Waals surface area contributed by atoms with Crippen LogP contribution in [-0.4, -0.2) is 61.1 Å². The molecule has 29 heavy (non-hydrogen) atoms. The summed E-state index contributed by atoms with van der Waals surface area (Å²) in [6.45, 7) is 1.22. The van der Waals surface area contributed by atoms with E-state index in [-0.39, 0.29) is 24.5 Å². The van der Waals surface area contributed by atoms with Crippen molar-refractivity contribution >= 4 is 17.4 Å². The van der Waals surface area contributed by atoms with Crippen LogP contribution in [0, 0.1) is 0 Å². The van der Waals surface area contributed by atoms with Crippen LogP contribution < -0.4 is 16.4 Å². The summed E-state index contributed by atoms with van der Waals surface area (Å²) >= 11 is 0. The van der Waals surface area contributed by atoms with Gasteiger partial charge in [-0.2, -0.15) is 14.7 Å². The number of nitrogen functional groups attached to an aromatic ring is 1. The van der Waals surface area contributed by atoms with Gasteiger partial charge in [0.2, 0.25) is 5.91 Å². The number of amides is 1. The van der Waals surface area contributed by atoms with Crippen molar-refractivity contribution in [3.05, 3.63) is 30.4 Å². The number of carbonyl (C=O) groups is 1. The Bertz CT molecular complexity index is 1000. The first kappa shape index (κ1) is 19.3. The third-order valence-corrected chi connectivity index (χ3v) is 5.32. The molecule has 3 aromatic rings. The molecule has 0 bridgehead atoms. The number of aromatic nitrogens is 5. The van der Waals surface area contributed by atoms with Crippen LogP contribution in [0.1, 0.15) is 30.9 Å². The summed E-state index contributed by atoms with van der Waals surface area (Å²) < 4.78 is 3.38. The number of anilines is 1. The van der Waals surface area contributed by atoms with Gasteiger partial charge in [-0.25, -0.2) is 4.98 Å². The number of aliphatic hydroxyl groups excluding tert-OH is 1. The standard InChI is InChI=1S/C19H26N8O2/c1-26-11-13(9-23-26)14-10-24-27-17(20)7-16(25-18(14)27)12-3-4-15(22-8-12)19(29)21-5-2-6-28/h7,9-12,15,22,28H,2-6,8,20H2,1H3,(H,21,29)/t12-,15-/m0/s1. The average Bonchev–Trinajstić information content (AvgIpc) is 3.34. The maximum absolute atomic E-state index is 12.2. The number of piperidine rings is 1. The highest BCUT2D eigenvalue weighted by Crippen LogP contribution is 2.29. The summed E-state index contributed by atoms with van der Waals surface area (Å²) in [6.07, 6.45) is 7.58. The van der Waals surface area contributed by atoms with Crippen LogP contribution in [0.2, 0.25) is 0 Å². The number of aliphatic hydroxyl groups is 1. The molecule has 3 aromatic heterocycles. The fourth-order valence-electron chi connectivity index (χ4n) is 3.73. The zero-order valence-corrected chi connectivity index (χ0v) is 16.4. The highest BCUT2D eigenvalue weighted by molar-refractivity contribution is 5.82. The van der Waals surface area contributed by atoms with E-state index in [9.17, 15) is 4.79 Å². The first-order valence-corrected chi connectivity index (χ1v) is 9.82. The first-order valence-electron chi connectivity index (χ1n) is 9.82. The Labute approximate surface area is 168 Å². The van der Waals surface area contributed by atoms with Gasteiger partial charge in [-0.3, -0.25) is 9.48 Å². The second kappa shape index (κ2) is 8.18. The van der Waals surface area contributed by atoms with Crippen LogP contribution >= 0.6 is 0 Å². The van der Waals surface area contributed by atoms with Gasteiger partial charge in [0.25, 0.3) is 0 Å². The number of fused-ring (bicyclic) bond motifs is 1. The molecule has 0 saturated carbocycles. The van der Waals surface area contributed by atoms with Crippen molar-refractivity contribution in [2.24, 2.45) is 7.05 Å². The molecular weight excluding hydrogens is 372 g/mol. The van der Waals surface area contributed by atoms with Crippen molar-refractivity contribution in [1.29, 1.82) is 0 Å². The second-order valence-electron chi connectivity index (χ2n) is 7.41. The maximum Gasteiger partial charge on any atom is 0.237 e. The Kier molecular flexibility index (Phi) is 5.45. The predicted octanol–water partition coefficient (Wildman–Crippen LogP) is 0.0462. The first-order chi connectivity index (χ1) is 14.1. The van der Waals surface area contributed by atoms with Crippen molar-refractivity contribution in [2.75, 3.05) is 25.4 Å². The SMILES string of the molecule is Cn1cc(-c2cnn3c(N)cc([C@H]4CC[C@@H](C(=O)NCCCO)NC4)nc23)cn1. The Hall–Kier alpha value is -2.98. The lowest BCUT2D eigenvalue weighted by Crippen LogP contribution is -2.48. The van der Waals surface area contributed by atoms with Crippen molar-refractivity contribution in [3.63, 3.8) is 0 Å². The number of hydrogen-bond donors (Lipinski definition) is 4. The molecule has 1 saturated heterocycles. The van der Waals surface area contributed by atoms with Gasteiger partial charge in [0.05, 0.1) is 24.1 Å². The Morgan fingerprint density at radius 3 is 2.93 bits per heavy atom.